The summed E-state index contributed by atoms with van der Waals surface area (Å²) >= 11 is 0. The number of esters is 2. The summed E-state index contributed by atoms with van der Waals surface area (Å²) in [6.45, 7) is 10.1. The van der Waals surface area contributed by atoms with Crippen molar-refractivity contribution in [3.8, 4) is 0 Å². The molecule has 5 nitrogen and oxygen atoms in total. The standard InChI is InChI=1S/C20H28O5/c1-6-11(2)17(22)25-16-14(21)9-20(5)13-10-24-18(23)12(13)7-8-15(20)19(16,3)4/h6-7,13-16,21H,8-10H2,1-5H3/b11-6-/t13?,14-,15?,16+,20-/m1/s1. The number of hydrogen-bond donors (Lipinski definition) is 1. The van der Waals surface area contributed by atoms with Crippen LogP contribution < -0.4 is 0 Å². The van der Waals surface area contributed by atoms with E-state index < -0.39 is 17.6 Å². The predicted octanol–water partition coefficient (Wildman–Crippen LogP) is 2.78. The van der Waals surface area contributed by atoms with Crippen molar-refractivity contribution in [3.63, 3.8) is 0 Å². The van der Waals surface area contributed by atoms with Gasteiger partial charge in [0.1, 0.15) is 6.10 Å². The summed E-state index contributed by atoms with van der Waals surface area (Å²) in [6.07, 6.45) is 3.59. The Labute approximate surface area is 149 Å². The lowest BCUT2D eigenvalue weighted by molar-refractivity contribution is -0.199. The highest BCUT2D eigenvalue weighted by molar-refractivity contribution is 5.91. The molecule has 0 aromatic carbocycles. The van der Waals surface area contributed by atoms with E-state index in [0.29, 0.717) is 18.6 Å². The summed E-state index contributed by atoms with van der Waals surface area (Å²) in [5, 5.41) is 10.9. The van der Waals surface area contributed by atoms with E-state index in [4.69, 9.17) is 9.47 Å². The molecule has 1 N–H and O–H groups in total. The normalized spacial score (nSPS) is 39.8. The van der Waals surface area contributed by atoms with Crippen LogP contribution in [0.25, 0.3) is 0 Å². The van der Waals surface area contributed by atoms with Crippen LogP contribution in [-0.4, -0.2) is 35.9 Å². The summed E-state index contributed by atoms with van der Waals surface area (Å²) in [5.41, 5.74) is 0.625. The molecule has 0 aromatic rings. The Kier molecular flexibility index (Phi) is 4.34. The van der Waals surface area contributed by atoms with E-state index >= 15 is 0 Å². The molecule has 2 fully saturated rings. The average Bonchev–Trinajstić information content (AvgIpc) is 2.92. The number of rotatable bonds is 2. The monoisotopic (exact) mass is 348 g/mol. The quantitative estimate of drug-likeness (QED) is 0.614. The third-order valence-corrected chi connectivity index (χ3v) is 6.78. The summed E-state index contributed by atoms with van der Waals surface area (Å²) in [6, 6.07) is 0. The van der Waals surface area contributed by atoms with Crippen molar-refractivity contribution in [2.75, 3.05) is 6.61 Å². The molecule has 5 atom stereocenters. The highest BCUT2D eigenvalue weighted by Gasteiger charge is 2.62. The number of hydrogen-bond acceptors (Lipinski definition) is 5. The Balaban J connectivity index is 1.93. The Hall–Kier alpha value is -1.62. The van der Waals surface area contributed by atoms with Crippen LogP contribution in [0.2, 0.25) is 0 Å². The second-order valence-corrected chi connectivity index (χ2v) is 8.50. The molecule has 3 aliphatic rings. The zero-order chi connectivity index (χ0) is 18.6. The van der Waals surface area contributed by atoms with Crippen LogP contribution in [0, 0.1) is 22.7 Å². The van der Waals surface area contributed by atoms with E-state index in [1.807, 2.05) is 6.08 Å². The van der Waals surface area contributed by atoms with E-state index in [0.717, 1.165) is 12.0 Å². The minimum atomic E-state index is -0.764. The van der Waals surface area contributed by atoms with Gasteiger partial charge in [0.15, 0.2) is 0 Å². The Morgan fingerprint density at radius 2 is 2.08 bits per heavy atom. The maximum Gasteiger partial charge on any atom is 0.334 e. The van der Waals surface area contributed by atoms with Gasteiger partial charge in [0.05, 0.1) is 12.7 Å². The molecule has 138 valence electrons. The number of aliphatic hydroxyl groups excluding tert-OH is 1. The maximum absolute atomic E-state index is 12.3. The molecule has 0 bridgehead atoms. The molecule has 1 heterocycles. The van der Waals surface area contributed by atoms with Crippen LogP contribution in [-0.2, 0) is 19.1 Å². The molecule has 1 saturated carbocycles. The van der Waals surface area contributed by atoms with Gasteiger partial charge in [0, 0.05) is 22.5 Å². The topological polar surface area (TPSA) is 72.8 Å². The molecule has 0 spiro atoms. The van der Waals surface area contributed by atoms with Crippen molar-refractivity contribution in [2.45, 2.75) is 59.7 Å². The molecule has 0 radical (unpaired) electrons. The van der Waals surface area contributed by atoms with E-state index in [-0.39, 0.29) is 29.2 Å². The lowest BCUT2D eigenvalue weighted by Gasteiger charge is -2.58. The van der Waals surface area contributed by atoms with Gasteiger partial charge in [-0.25, -0.2) is 9.59 Å². The number of cyclic esters (lactones) is 1. The second kappa shape index (κ2) is 5.97. The Bertz CT molecular complexity index is 659. The third-order valence-electron chi connectivity index (χ3n) is 6.78. The fourth-order valence-corrected chi connectivity index (χ4v) is 5.25. The molecular weight excluding hydrogens is 320 g/mol. The van der Waals surface area contributed by atoms with Crippen molar-refractivity contribution in [2.24, 2.45) is 22.7 Å². The molecule has 1 saturated heterocycles. The van der Waals surface area contributed by atoms with Crippen molar-refractivity contribution < 1.29 is 24.2 Å². The molecule has 0 amide bonds. The molecule has 1 aliphatic heterocycles. The summed E-state index contributed by atoms with van der Waals surface area (Å²) in [7, 11) is 0. The average molecular weight is 348 g/mol. The highest BCUT2D eigenvalue weighted by Crippen LogP contribution is 2.61. The van der Waals surface area contributed by atoms with Gasteiger partial charge in [0.25, 0.3) is 0 Å². The van der Waals surface area contributed by atoms with Gasteiger partial charge in [-0.3, -0.25) is 0 Å². The van der Waals surface area contributed by atoms with Crippen molar-refractivity contribution in [1.82, 2.24) is 0 Å². The zero-order valence-electron chi connectivity index (χ0n) is 15.7. The van der Waals surface area contributed by atoms with Crippen LogP contribution in [0.3, 0.4) is 0 Å². The van der Waals surface area contributed by atoms with Crippen LogP contribution >= 0.6 is 0 Å². The summed E-state index contributed by atoms with van der Waals surface area (Å²) in [4.78, 5) is 24.2. The van der Waals surface area contributed by atoms with E-state index in [9.17, 15) is 14.7 Å². The first-order valence-electron chi connectivity index (χ1n) is 9.02. The van der Waals surface area contributed by atoms with Crippen molar-refractivity contribution >= 4 is 11.9 Å². The largest absolute Gasteiger partial charge is 0.462 e. The Morgan fingerprint density at radius 1 is 1.40 bits per heavy atom. The number of fused-ring (bicyclic) bond motifs is 3. The molecule has 5 heteroatoms. The third kappa shape index (κ3) is 2.64. The highest BCUT2D eigenvalue weighted by atomic mass is 16.6. The predicted molar refractivity (Wildman–Crippen MR) is 92.5 cm³/mol. The second-order valence-electron chi connectivity index (χ2n) is 8.50. The molecule has 3 rings (SSSR count). The molecular formula is C20H28O5. The van der Waals surface area contributed by atoms with Gasteiger partial charge in [-0.05, 0) is 38.0 Å². The number of allylic oxidation sites excluding steroid dienone is 2. The van der Waals surface area contributed by atoms with Gasteiger partial charge in [-0.15, -0.1) is 0 Å². The zero-order valence-corrected chi connectivity index (χ0v) is 15.7. The van der Waals surface area contributed by atoms with Gasteiger partial charge >= 0.3 is 11.9 Å². The number of carbonyl (C=O) groups excluding carboxylic acids is 2. The first-order valence-corrected chi connectivity index (χ1v) is 9.02. The number of ether oxygens (including phenoxy) is 2. The lowest BCUT2D eigenvalue weighted by atomic mass is 9.47. The molecule has 2 unspecified atom stereocenters. The summed E-state index contributed by atoms with van der Waals surface area (Å²) < 4.78 is 11.0. The summed E-state index contributed by atoms with van der Waals surface area (Å²) in [5.74, 6) is -0.416. The minimum Gasteiger partial charge on any atom is -0.462 e. The van der Waals surface area contributed by atoms with E-state index in [1.54, 1.807) is 19.9 Å². The fraction of sp³-hybridized carbons (Fsp3) is 0.700. The number of aliphatic hydroxyl groups is 1. The van der Waals surface area contributed by atoms with Crippen LogP contribution in [0.5, 0.6) is 0 Å². The van der Waals surface area contributed by atoms with Crippen molar-refractivity contribution in [1.29, 1.82) is 0 Å². The first-order chi connectivity index (χ1) is 11.6. The smallest absolute Gasteiger partial charge is 0.334 e. The van der Waals surface area contributed by atoms with Crippen LogP contribution in [0.15, 0.2) is 23.3 Å². The fourth-order valence-electron chi connectivity index (χ4n) is 5.25. The minimum absolute atomic E-state index is 0.00148. The van der Waals surface area contributed by atoms with Crippen LogP contribution in [0.1, 0.15) is 47.5 Å². The van der Waals surface area contributed by atoms with Gasteiger partial charge in [-0.1, -0.05) is 32.9 Å². The van der Waals surface area contributed by atoms with Crippen molar-refractivity contribution in [3.05, 3.63) is 23.3 Å². The maximum atomic E-state index is 12.3. The van der Waals surface area contributed by atoms with Gasteiger partial charge in [0.2, 0.25) is 0 Å². The van der Waals surface area contributed by atoms with Gasteiger partial charge < -0.3 is 14.6 Å². The number of carbonyl (C=O) groups is 2. The Morgan fingerprint density at radius 3 is 2.72 bits per heavy atom. The molecule has 25 heavy (non-hydrogen) atoms. The SMILES string of the molecule is C/C=C(/C)C(=O)O[C@H]1[C@H](O)C[C@]2(C)C3COC(=O)C3=CCC2C1(C)C. The van der Waals surface area contributed by atoms with E-state index in [1.165, 1.54) is 0 Å². The van der Waals surface area contributed by atoms with Crippen LogP contribution in [0.4, 0.5) is 0 Å². The van der Waals surface area contributed by atoms with Gasteiger partial charge in [-0.2, -0.15) is 0 Å². The first kappa shape index (κ1) is 18.2. The molecule has 0 aromatic heterocycles. The lowest BCUT2D eigenvalue weighted by Crippen LogP contribution is -2.60. The van der Waals surface area contributed by atoms with E-state index in [2.05, 4.69) is 20.8 Å². The molecule has 2 aliphatic carbocycles.